The fourth-order valence-electron chi connectivity index (χ4n) is 2.93. The van der Waals surface area contributed by atoms with E-state index in [1.807, 2.05) is 0 Å². The lowest BCUT2D eigenvalue weighted by Gasteiger charge is -2.42. The largest absolute Gasteiger partial charge is 0.376 e. The number of benzene rings is 1. The minimum atomic E-state index is -0.595. The Morgan fingerprint density at radius 1 is 1.32 bits per heavy atom. The van der Waals surface area contributed by atoms with E-state index in [9.17, 15) is 8.78 Å². The van der Waals surface area contributed by atoms with E-state index in [1.54, 1.807) is 7.11 Å². The van der Waals surface area contributed by atoms with Crippen molar-refractivity contribution in [2.45, 2.75) is 44.2 Å². The molecule has 1 aliphatic carbocycles. The van der Waals surface area contributed by atoms with Crippen molar-refractivity contribution in [3.05, 3.63) is 35.4 Å². The fourth-order valence-corrected chi connectivity index (χ4v) is 2.93. The Kier molecular flexibility index (Phi) is 4.21. The lowest BCUT2D eigenvalue weighted by molar-refractivity contribution is -0.0678. The Morgan fingerprint density at radius 3 is 2.47 bits per heavy atom. The van der Waals surface area contributed by atoms with E-state index in [1.165, 1.54) is 12.1 Å². The molecule has 0 spiro atoms. The predicted molar refractivity (Wildman–Crippen MR) is 70.7 cm³/mol. The minimum Gasteiger partial charge on any atom is -0.376 e. The first-order valence-electron chi connectivity index (χ1n) is 6.74. The molecule has 0 bridgehead atoms. The van der Waals surface area contributed by atoms with Gasteiger partial charge in [-0.05, 0) is 37.7 Å². The number of ether oxygens (including phenoxy) is 1. The van der Waals surface area contributed by atoms with Crippen LogP contribution in [-0.2, 0) is 4.74 Å². The van der Waals surface area contributed by atoms with Gasteiger partial charge in [0.2, 0.25) is 0 Å². The van der Waals surface area contributed by atoms with Crippen LogP contribution in [0.1, 0.15) is 44.2 Å². The standard InChI is InChI=1S/C15H21F2NO/c1-10-5-7-15(19-2,8-6-10)14(18)12-4-3-11(16)9-13(12)17/h3-4,9-10,14H,5-8,18H2,1-2H3. The van der Waals surface area contributed by atoms with Gasteiger partial charge in [0.15, 0.2) is 0 Å². The van der Waals surface area contributed by atoms with Crippen LogP contribution in [0.25, 0.3) is 0 Å². The van der Waals surface area contributed by atoms with Crippen LogP contribution in [0, 0.1) is 17.6 Å². The molecule has 2 N–H and O–H groups in total. The maximum absolute atomic E-state index is 13.9. The Bertz CT molecular complexity index is 442. The van der Waals surface area contributed by atoms with Crippen LogP contribution < -0.4 is 5.73 Å². The smallest absolute Gasteiger partial charge is 0.130 e. The molecule has 1 unspecified atom stereocenters. The number of hydrogen-bond acceptors (Lipinski definition) is 2. The average molecular weight is 269 g/mol. The van der Waals surface area contributed by atoms with Crippen LogP contribution in [0.15, 0.2) is 18.2 Å². The molecule has 4 heteroatoms. The first kappa shape index (κ1) is 14.4. The molecule has 0 aliphatic heterocycles. The molecule has 2 rings (SSSR count). The van der Waals surface area contributed by atoms with Gasteiger partial charge in [0.25, 0.3) is 0 Å². The van der Waals surface area contributed by atoms with E-state index in [-0.39, 0.29) is 0 Å². The van der Waals surface area contributed by atoms with Crippen LogP contribution in [-0.4, -0.2) is 12.7 Å². The molecule has 1 aromatic carbocycles. The highest BCUT2D eigenvalue weighted by molar-refractivity contribution is 5.25. The molecule has 1 fully saturated rings. The number of nitrogens with two attached hydrogens (primary N) is 1. The van der Waals surface area contributed by atoms with Crippen molar-refractivity contribution in [3.8, 4) is 0 Å². The molecule has 1 saturated carbocycles. The second-order valence-electron chi connectivity index (χ2n) is 5.59. The van der Waals surface area contributed by atoms with E-state index in [0.717, 1.165) is 31.7 Å². The zero-order chi connectivity index (χ0) is 14.0. The van der Waals surface area contributed by atoms with Crippen molar-refractivity contribution in [2.75, 3.05) is 7.11 Å². The van der Waals surface area contributed by atoms with E-state index in [4.69, 9.17) is 10.5 Å². The molecule has 0 aromatic heterocycles. The van der Waals surface area contributed by atoms with Crippen LogP contribution in [0.4, 0.5) is 8.78 Å². The summed E-state index contributed by atoms with van der Waals surface area (Å²) in [6, 6.07) is 2.98. The minimum absolute atomic E-state index is 0.331. The van der Waals surface area contributed by atoms with E-state index < -0.39 is 23.3 Å². The van der Waals surface area contributed by atoms with Crippen molar-refractivity contribution >= 4 is 0 Å². The Morgan fingerprint density at radius 2 is 1.95 bits per heavy atom. The van der Waals surface area contributed by atoms with Gasteiger partial charge in [0.1, 0.15) is 11.6 Å². The number of halogens is 2. The summed E-state index contributed by atoms with van der Waals surface area (Å²) in [6.07, 6.45) is 3.65. The fraction of sp³-hybridized carbons (Fsp3) is 0.600. The zero-order valence-electron chi connectivity index (χ0n) is 11.5. The quantitative estimate of drug-likeness (QED) is 0.910. The summed E-state index contributed by atoms with van der Waals surface area (Å²) in [5.74, 6) is -0.534. The molecule has 19 heavy (non-hydrogen) atoms. The van der Waals surface area contributed by atoms with Gasteiger partial charge in [-0.1, -0.05) is 13.0 Å². The summed E-state index contributed by atoms with van der Waals surface area (Å²) in [5.41, 5.74) is 6.02. The topological polar surface area (TPSA) is 35.2 Å². The molecule has 106 valence electrons. The molecule has 0 amide bonds. The number of hydrogen-bond donors (Lipinski definition) is 1. The van der Waals surface area contributed by atoms with E-state index in [2.05, 4.69) is 6.92 Å². The lowest BCUT2D eigenvalue weighted by atomic mass is 9.73. The van der Waals surface area contributed by atoms with Gasteiger partial charge in [-0.25, -0.2) is 8.78 Å². The summed E-state index contributed by atoms with van der Waals surface area (Å²) < 4.78 is 32.5. The van der Waals surface area contributed by atoms with Crippen molar-refractivity contribution in [2.24, 2.45) is 11.7 Å². The van der Waals surface area contributed by atoms with Gasteiger partial charge in [-0.2, -0.15) is 0 Å². The van der Waals surface area contributed by atoms with Gasteiger partial charge in [-0.3, -0.25) is 0 Å². The predicted octanol–water partition coefficient (Wildman–Crippen LogP) is 3.56. The molecule has 2 nitrogen and oxygen atoms in total. The SMILES string of the molecule is COC1(C(N)c2ccc(F)cc2F)CCC(C)CC1. The molecule has 1 atom stereocenters. The first-order valence-corrected chi connectivity index (χ1v) is 6.74. The summed E-state index contributed by atoms with van der Waals surface area (Å²) in [6.45, 7) is 2.20. The monoisotopic (exact) mass is 269 g/mol. The van der Waals surface area contributed by atoms with Crippen molar-refractivity contribution < 1.29 is 13.5 Å². The molecule has 0 saturated heterocycles. The zero-order valence-corrected chi connectivity index (χ0v) is 11.5. The van der Waals surface area contributed by atoms with Crippen LogP contribution in [0.2, 0.25) is 0 Å². The lowest BCUT2D eigenvalue weighted by Crippen LogP contribution is -2.46. The van der Waals surface area contributed by atoms with Crippen LogP contribution in [0.5, 0.6) is 0 Å². The second-order valence-corrected chi connectivity index (χ2v) is 5.59. The first-order chi connectivity index (χ1) is 8.98. The van der Waals surface area contributed by atoms with Crippen LogP contribution >= 0.6 is 0 Å². The second kappa shape index (κ2) is 5.55. The summed E-state index contributed by atoms with van der Waals surface area (Å²) >= 11 is 0. The molecule has 0 radical (unpaired) electrons. The molecule has 1 aromatic rings. The van der Waals surface area contributed by atoms with E-state index >= 15 is 0 Å². The van der Waals surface area contributed by atoms with Gasteiger partial charge < -0.3 is 10.5 Å². The summed E-state index contributed by atoms with van der Waals surface area (Å²) in [7, 11) is 1.62. The third kappa shape index (κ3) is 2.79. The van der Waals surface area contributed by atoms with E-state index in [0.29, 0.717) is 11.5 Å². The average Bonchev–Trinajstić information content (AvgIpc) is 2.39. The Balaban J connectivity index is 2.27. The van der Waals surface area contributed by atoms with Gasteiger partial charge >= 0.3 is 0 Å². The summed E-state index contributed by atoms with van der Waals surface area (Å²) in [5, 5.41) is 0. The highest BCUT2D eigenvalue weighted by Gasteiger charge is 2.41. The van der Waals surface area contributed by atoms with Crippen LogP contribution in [0.3, 0.4) is 0 Å². The molecular weight excluding hydrogens is 248 g/mol. The van der Waals surface area contributed by atoms with Gasteiger partial charge in [0.05, 0.1) is 11.6 Å². The van der Waals surface area contributed by atoms with Crippen molar-refractivity contribution in [1.82, 2.24) is 0 Å². The molecule has 0 heterocycles. The highest BCUT2D eigenvalue weighted by Crippen LogP contribution is 2.42. The summed E-state index contributed by atoms with van der Waals surface area (Å²) in [4.78, 5) is 0. The third-order valence-electron chi connectivity index (χ3n) is 4.39. The van der Waals surface area contributed by atoms with Gasteiger partial charge in [0, 0.05) is 18.7 Å². The molecular formula is C15H21F2NO. The number of rotatable bonds is 3. The Hall–Kier alpha value is -1.00. The maximum Gasteiger partial charge on any atom is 0.130 e. The number of methoxy groups -OCH3 is 1. The van der Waals surface area contributed by atoms with Crippen molar-refractivity contribution in [1.29, 1.82) is 0 Å². The molecule has 1 aliphatic rings. The maximum atomic E-state index is 13.9. The Labute approximate surface area is 112 Å². The normalized spacial score (nSPS) is 29.2. The van der Waals surface area contributed by atoms with Gasteiger partial charge in [-0.15, -0.1) is 0 Å². The highest BCUT2D eigenvalue weighted by atomic mass is 19.1. The van der Waals surface area contributed by atoms with Crippen molar-refractivity contribution in [3.63, 3.8) is 0 Å². The third-order valence-corrected chi connectivity index (χ3v) is 4.39.